The first kappa shape index (κ1) is 14.6. The van der Waals surface area contributed by atoms with Crippen LogP contribution >= 0.6 is 0 Å². The van der Waals surface area contributed by atoms with Crippen LogP contribution in [0.5, 0.6) is 0 Å². The summed E-state index contributed by atoms with van der Waals surface area (Å²) in [4.78, 5) is 18.7. The van der Waals surface area contributed by atoms with Crippen LogP contribution in [0.1, 0.15) is 35.8 Å². The standard InChI is InChI=1S/C18H20N2O2/c1-14-7-5-10-16(19-14)17-11-6-12-20(17)18(21)22-13-15-8-3-2-4-9-15/h2-5,7-10,17H,6,11-13H2,1H3/t17-/m0/s1. The van der Waals surface area contributed by atoms with Crippen molar-refractivity contribution < 1.29 is 9.53 Å². The lowest BCUT2D eigenvalue weighted by Crippen LogP contribution is -2.31. The molecule has 4 nitrogen and oxygen atoms in total. The van der Waals surface area contributed by atoms with Crippen LogP contribution in [0.4, 0.5) is 4.79 Å². The van der Waals surface area contributed by atoms with Crippen LogP contribution in [0, 0.1) is 6.92 Å². The largest absolute Gasteiger partial charge is 0.445 e. The smallest absolute Gasteiger partial charge is 0.410 e. The highest BCUT2D eigenvalue weighted by atomic mass is 16.6. The Labute approximate surface area is 130 Å². The highest BCUT2D eigenvalue weighted by Crippen LogP contribution is 2.31. The molecule has 3 rings (SSSR count). The first-order chi connectivity index (χ1) is 10.7. The normalized spacial score (nSPS) is 17.5. The summed E-state index contributed by atoms with van der Waals surface area (Å²) in [5.74, 6) is 0. The Morgan fingerprint density at radius 1 is 1.23 bits per heavy atom. The summed E-state index contributed by atoms with van der Waals surface area (Å²) >= 11 is 0. The Morgan fingerprint density at radius 3 is 2.82 bits per heavy atom. The molecule has 1 aromatic heterocycles. The van der Waals surface area contributed by atoms with E-state index in [1.54, 1.807) is 4.90 Å². The van der Waals surface area contributed by atoms with E-state index in [1.807, 2.05) is 55.5 Å². The molecule has 0 saturated carbocycles. The average Bonchev–Trinajstić information content (AvgIpc) is 3.03. The summed E-state index contributed by atoms with van der Waals surface area (Å²) in [7, 11) is 0. The third-order valence-electron chi connectivity index (χ3n) is 3.94. The second-order valence-corrected chi connectivity index (χ2v) is 5.60. The fraction of sp³-hybridized carbons (Fsp3) is 0.333. The van der Waals surface area contributed by atoms with Gasteiger partial charge in [-0.25, -0.2) is 4.79 Å². The van der Waals surface area contributed by atoms with Crippen molar-refractivity contribution in [3.63, 3.8) is 0 Å². The molecule has 1 fully saturated rings. The maximum absolute atomic E-state index is 12.4. The van der Waals surface area contributed by atoms with Gasteiger partial charge in [-0.05, 0) is 37.5 Å². The number of benzene rings is 1. The number of rotatable bonds is 3. The minimum Gasteiger partial charge on any atom is -0.445 e. The third kappa shape index (κ3) is 3.27. The first-order valence-corrected chi connectivity index (χ1v) is 7.65. The lowest BCUT2D eigenvalue weighted by Gasteiger charge is -2.23. The minimum atomic E-state index is -0.255. The predicted molar refractivity (Wildman–Crippen MR) is 84.3 cm³/mol. The molecule has 0 radical (unpaired) electrons. The number of nitrogens with zero attached hydrogens (tertiary/aromatic N) is 2. The summed E-state index contributed by atoms with van der Waals surface area (Å²) in [5.41, 5.74) is 2.93. The molecule has 0 N–H and O–H groups in total. The molecule has 4 heteroatoms. The lowest BCUT2D eigenvalue weighted by atomic mass is 10.1. The molecule has 1 atom stereocenters. The summed E-state index contributed by atoms with van der Waals surface area (Å²) in [6, 6.07) is 15.7. The predicted octanol–water partition coefficient (Wildman–Crippen LogP) is 3.86. The molecule has 2 aromatic rings. The summed E-state index contributed by atoms with van der Waals surface area (Å²) < 4.78 is 5.45. The zero-order valence-electron chi connectivity index (χ0n) is 12.7. The van der Waals surface area contributed by atoms with Crippen LogP contribution in [0.2, 0.25) is 0 Å². The Bertz CT molecular complexity index is 643. The summed E-state index contributed by atoms with van der Waals surface area (Å²) in [6.45, 7) is 3.01. The van der Waals surface area contributed by atoms with Crippen LogP contribution in [0.3, 0.4) is 0 Å². The van der Waals surface area contributed by atoms with Crippen molar-refractivity contribution >= 4 is 6.09 Å². The number of hydrogen-bond donors (Lipinski definition) is 0. The van der Waals surface area contributed by atoms with E-state index in [0.717, 1.165) is 36.3 Å². The van der Waals surface area contributed by atoms with E-state index in [4.69, 9.17) is 4.74 Å². The van der Waals surface area contributed by atoms with Gasteiger partial charge in [-0.3, -0.25) is 9.88 Å². The molecule has 1 aliphatic rings. The Hall–Kier alpha value is -2.36. The van der Waals surface area contributed by atoms with Gasteiger partial charge in [-0.1, -0.05) is 36.4 Å². The SMILES string of the molecule is Cc1cccc([C@@H]2CCCN2C(=O)OCc2ccccc2)n1. The van der Waals surface area contributed by atoms with E-state index in [2.05, 4.69) is 4.98 Å². The van der Waals surface area contributed by atoms with E-state index in [1.165, 1.54) is 0 Å². The van der Waals surface area contributed by atoms with Crippen molar-refractivity contribution in [2.45, 2.75) is 32.4 Å². The van der Waals surface area contributed by atoms with E-state index in [0.29, 0.717) is 6.61 Å². The van der Waals surface area contributed by atoms with Crippen LogP contribution in [-0.2, 0) is 11.3 Å². The van der Waals surface area contributed by atoms with Gasteiger partial charge in [0.1, 0.15) is 6.61 Å². The summed E-state index contributed by atoms with van der Waals surface area (Å²) in [5, 5.41) is 0. The average molecular weight is 296 g/mol. The van der Waals surface area contributed by atoms with Gasteiger partial charge in [0.25, 0.3) is 0 Å². The topological polar surface area (TPSA) is 42.4 Å². The van der Waals surface area contributed by atoms with Gasteiger partial charge in [0.15, 0.2) is 0 Å². The number of aromatic nitrogens is 1. The quantitative estimate of drug-likeness (QED) is 0.863. The van der Waals surface area contributed by atoms with Crippen molar-refractivity contribution in [3.8, 4) is 0 Å². The van der Waals surface area contributed by atoms with Crippen molar-refractivity contribution in [2.24, 2.45) is 0 Å². The maximum atomic E-state index is 12.4. The van der Waals surface area contributed by atoms with Gasteiger partial charge < -0.3 is 4.74 Å². The number of aryl methyl sites for hydroxylation is 1. The number of likely N-dealkylation sites (tertiary alicyclic amines) is 1. The summed E-state index contributed by atoms with van der Waals surface area (Å²) in [6.07, 6.45) is 1.67. The molecular weight excluding hydrogens is 276 g/mol. The van der Waals surface area contributed by atoms with Gasteiger partial charge in [-0.15, -0.1) is 0 Å². The first-order valence-electron chi connectivity index (χ1n) is 7.65. The molecule has 0 bridgehead atoms. The van der Waals surface area contributed by atoms with Crippen molar-refractivity contribution in [1.82, 2.24) is 9.88 Å². The lowest BCUT2D eigenvalue weighted by molar-refractivity contribution is 0.0915. The number of amides is 1. The van der Waals surface area contributed by atoms with Crippen LogP contribution in [0.25, 0.3) is 0 Å². The van der Waals surface area contributed by atoms with E-state index in [9.17, 15) is 4.79 Å². The molecule has 1 aromatic carbocycles. The Balaban J connectivity index is 1.66. The molecule has 22 heavy (non-hydrogen) atoms. The second-order valence-electron chi connectivity index (χ2n) is 5.60. The van der Waals surface area contributed by atoms with Gasteiger partial charge in [0.2, 0.25) is 0 Å². The molecule has 1 aliphatic heterocycles. The van der Waals surface area contributed by atoms with Gasteiger partial charge >= 0.3 is 6.09 Å². The van der Waals surface area contributed by atoms with Crippen molar-refractivity contribution in [3.05, 3.63) is 65.5 Å². The monoisotopic (exact) mass is 296 g/mol. The maximum Gasteiger partial charge on any atom is 0.410 e. The van der Waals surface area contributed by atoms with Crippen LogP contribution < -0.4 is 0 Å². The number of carbonyl (C=O) groups excluding carboxylic acids is 1. The van der Waals surface area contributed by atoms with Crippen LogP contribution in [0.15, 0.2) is 48.5 Å². The molecule has 0 spiro atoms. The van der Waals surface area contributed by atoms with Gasteiger partial charge in [0.05, 0.1) is 11.7 Å². The molecule has 0 unspecified atom stereocenters. The third-order valence-corrected chi connectivity index (χ3v) is 3.94. The van der Waals surface area contributed by atoms with Crippen molar-refractivity contribution in [2.75, 3.05) is 6.54 Å². The van der Waals surface area contributed by atoms with E-state index >= 15 is 0 Å². The molecule has 114 valence electrons. The second kappa shape index (κ2) is 6.60. The van der Waals surface area contributed by atoms with Crippen molar-refractivity contribution in [1.29, 1.82) is 0 Å². The zero-order valence-corrected chi connectivity index (χ0v) is 12.7. The van der Waals surface area contributed by atoms with E-state index < -0.39 is 0 Å². The van der Waals surface area contributed by atoms with Crippen LogP contribution in [-0.4, -0.2) is 22.5 Å². The molecule has 0 aliphatic carbocycles. The minimum absolute atomic E-state index is 0.0307. The fourth-order valence-corrected chi connectivity index (χ4v) is 2.84. The molecule has 1 saturated heterocycles. The fourth-order valence-electron chi connectivity index (χ4n) is 2.84. The molecular formula is C18H20N2O2. The molecule has 2 heterocycles. The van der Waals surface area contributed by atoms with Gasteiger partial charge in [-0.2, -0.15) is 0 Å². The van der Waals surface area contributed by atoms with Gasteiger partial charge in [0, 0.05) is 12.2 Å². The Morgan fingerprint density at radius 2 is 2.05 bits per heavy atom. The highest BCUT2D eigenvalue weighted by molar-refractivity contribution is 5.68. The Kier molecular flexibility index (Phi) is 4.37. The molecule has 1 amide bonds. The number of hydrogen-bond acceptors (Lipinski definition) is 3. The zero-order chi connectivity index (χ0) is 15.4. The number of carbonyl (C=O) groups is 1. The van der Waals surface area contributed by atoms with E-state index in [-0.39, 0.29) is 12.1 Å². The highest BCUT2D eigenvalue weighted by Gasteiger charge is 2.31. The number of ether oxygens (including phenoxy) is 1. The number of pyridine rings is 1.